The average Bonchev–Trinajstić information content (AvgIpc) is 2.84. The molecule has 33 heavy (non-hydrogen) atoms. The minimum Gasteiger partial charge on any atom is -0.379 e. The van der Waals surface area contributed by atoms with Crippen molar-refractivity contribution in [3.8, 4) is 0 Å². The summed E-state index contributed by atoms with van der Waals surface area (Å²) in [6, 6.07) is 17.0. The molecule has 1 aliphatic heterocycles. The van der Waals surface area contributed by atoms with Gasteiger partial charge < -0.3 is 15.4 Å². The molecule has 0 atom stereocenters. The number of ether oxygens (including phenoxy) is 1. The van der Waals surface area contributed by atoms with Crippen molar-refractivity contribution in [1.82, 2.24) is 15.5 Å². The van der Waals surface area contributed by atoms with Crippen molar-refractivity contribution < 1.29 is 9.66 Å². The van der Waals surface area contributed by atoms with Crippen LogP contribution < -0.4 is 10.6 Å². The van der Waals surface area contributed by atoms with Gasteiger partial charge in [-0.15, -0.1) is 24.0 Å². The number of nitro groups is 1. The molecule has 1 saturated heterocycles. The zero-order valence-corrected chi connectivity index (χ0v) is 21.3. The fourth-order valence-electron chi connectivity index (χ4n) is 3.55. The van der Waals surface area contributed by atoms with Crippen LogP contribution in [0.25, 0.3) is 0 Å². The van der Waals surface area contributed by atoms with E-state index in [1.165, 1.54) is 17.7 Å². The SMILES string of the molecule is I.O=[N+]([O-])c1ccc(CN=C(NCCCc2ccccc2)NCCCN2CCOCC2)cc1. The molecular weight excluding hydrogens is 533 g/mol. The third kappa shape index (κ3) is 10.5. The molecule has 2 N–H and O–H groups in total. The molecule has 0 unspecified atom stereocenters. The molecule has 3 rings (SSSR count). The molecule has 180 valence electrons. The Morgan fingerprint density at radius 2 is 1.64 bits per heavy atom. The van der Waals surface area contributed by atoms with Crippen molar-refractivity contribution in [2.24, 2.45) is 4.99 Å². The van der Waals surface area contributed by atoms with Crippen molar-refractivity contribution in [3.05, 3.63) is 75.8 Å². The van der Waals surface area contributed by atoms with Crippen LogP contribution in [0.2, 0.25) is 0 Å². The number of morpholine rings is 1. The molecule has 0 amide bonds. The third-order valence-electron chi connectivity index (χ3n) is 5.39. The molecule has 1 fully saturated rings. The number of nitro benzene ring substituents is 1. The van der Waals surface area contributed by atoms with E-state index in [1.807, 2.05) is 6.07 Å². The Balaban J connectivity index is 0.00000385. The first-order valence-corrected chi connectivity index (χ1v) is 11.3. The second-order valence-corrected chi connectivity index (χ2v) is 7.84. The topological polar surface area (TPSA) is 92.0 Å². The molecule has 2 aromatic rings. The van der Waals surface area contributed by atoms with Gasteiger partial charge in [0.2, 0.25) is 0 Å². The Morgan fingerprint density at radius 3 is 2.30 bits per heavy atom. The summed E-state index contributed by atoms with van der Waals surface area (Å²) < 4.78 is 5.40. The molecule has 0 bridgehead atoms. The molecule has 8 nitrogen and oxygen atoms in total. The Bertz CT molecular complexity index is 843. The highest BCUT2D eigenvalue weighted by molar-refractivity contribution is 14.0. The molecule has 0 radical (unpaired) electrons. The van der Waals surface area contributed by atoms with Crippen LogP contribution in [0.5, 0.6) is 0 Å². The van der Waals surface area contributed by atoms with Crippen LogP contribution in [-0.4, -0.2) is 61.7 Å². The minimum atomic E-state index is -0.386. The van der Waals surface area contributed by atoms with E-state index in [2.05, 4.69) is 44.8 Å². The maximum absolute atomic E-state index is 10.8. The molecule has 0 saturated carbocycles. The number of rotatable bonds is 11. The maximum Gasteiger partial charge on any atom is 0.269 e. The summed E-state index contributed by atoms with van der Waals surface area (Å²) in [7, 11) is 0. The molecule has 0 aromatic heterocycles. The Kier molecular flexibility index (Phi) is 12.7. The van der Waals surface area contributed by atoms with Gasteiger partial charge in [-0.25, -0.2) is 4.99 Å². The third-order valence-corrected chi connectivity index (χ3v) is 5.39. The van der Waals surface area contributed by atoms with Gasteiger partial charge in [0, 0.05) is 38.3 Å². The second kappa shape index (κ2) is 15.6. The van der Waals surface area contributed by atoms with E-state index in [0.29, 0.717) is 6.54 Å². The predicted molar refractivity (Wildman–Crippen MR) is 142 cm³/mol. The van der Waals surface area contributed by atoms with Gasteiger partial charge in [0.05, 0.1) is 24.7 Å². The Labute approximate surface area is 213 Å². The number of nitrogens with zero attached hydrogens (tertiary/aromatic N) is 3. The first-order valence-electron chi connectivity index (χ1n) is 11.3. The van der Waals surface area contributed by atoms with Crippen molar-refractivity contribution in [2.75, 3.05) is 45.9 Å². The molecule has 0 aliphatic carbocycles. The first kappa shape index (κ1) is 27.0. The second-order valence-electron chi connectivity index (χ2n) is 7.84. The largest absolute Gasteiger partial charge is 0.379 e. The summed E-state index contributed by atoms with van der Waals surface area (Å²) in [5.74, 6) is 0.776. The molecule has 0 spiro atoms. The minimum absolute atomic E-state index is 0. The van der Waals surface area contributed by atoms with E-state index in [-0.39, 0.29) is 34.6 Å². The van der Waals surface area contributed by atoms with E-state index in [0.717, 1.165) is 76.7 Å². The van der Waals surface area contributed by atoms with Gasteiger partial charge in [-0.2, -0.15) is 0 Å². The van der Waals surface area contributed by atoms with Crippen LogP contribution in [0.3, 0.4) is 0 Å². The van der Waals surface area contributed by atoms with Crippen molar-refractivity contribution in [1.29, 1.82) is 0 Å². The fraction of sp³-hybridized carbons (Fsp3) is 0.458. The highest BCUT2D eigenvalue weighted by Crippen LogP contribution is 2.12. The highest BCUT2D eigenvalue weighted by atomic mass is 127. The number of halogens is 1. The van der Waals surface area contributed by atoms with Gasteiger partial charge in [0.1, 0.15) is 0 Å². The molecule has 2 aromatic carbocycles. The van der Waals surface area contributed by atoms with E-state index in [1.54, 1.807) is 12.1 Å². The van der Waals surface area contributed by atoms with Gasteiger partial charge in [-0.05, 0) is 36.9 Å². The summed E-state index contributed by atoms with van der Waals surface area (Å²) in [4.78, 5) is 17.6. The standard InChI is InChI=1S/C24H33N5O3.HI/c30-29(31)23-11-9-22(10-12-23)20-27-24(25-13-4-8-21-6-2-1-3-7-21)26-14-5-15-28-16-18-32-19-17-28;/h1-3,6-7,9-12H,4-5,8,13-20H2,(H2,25,26,27);1H. The summed E-state index contributed by atoms with van der Waals surface area (Å²) in [6.45, 7) is 6.80. The lowest BCUT2D eigenvalue weighted by atomic mass is 10.1. The van der Waals surface area contributed by atoms with Crippen molar-refractivity contribution in [3.63, 3.8) is 0 Å². The number of nitrogens with one attached hydrogen (secondary N) is 2. The Hall–Kier alpha value is -2.24. The van der Waals surface area contributed by atoms with Gasteiger partial charge in [-0.1, -0.05) is 42.5 Å². The molecule has 9 heteroatoms. The molecule has 1 aliphatic rings. The summed E-state index contributed by atoms with van der Waals surface area (Å²) >= 11 is 0. The number of hydrogen-bond donors (Lipinski definition) is 2. The molecule has 1 heterocycles. The molecular formula is C24H34IN5O3. The lowest BCUT2D eigenvalue weighted by Crippen LogP contribution is -2.41. The lowest BCUT2D eigenvalue weighted by Gasteiger charge is -2.26. The lowest BCUT2D eigenvalue weighted by molar-refractivity contribution is -0.384. The van der Waals surface area contributed by atoms with Gasteiger partial charge in [-0.3, -0.25) is 15.0 Å². The normalized spacial score (nSPS) is 14.4. The van der Waals surface area contributed by atoms with E-state index >= 15 is 0 Å². The van der Waals surface area contributed by atoms with Crippen LogP contribution in [0.1, 0.15) is 24.0 Å². The van der Waals surface area contributed by atoms with Gasteiger partial charge >= 0.3 is 0 Å². The summed E-state index contributed by atoms with van der Waals surface area (Å²) in [5, 5.41) is 17.7. The van der Waals surface area contributed by atoms with Crippen molar-refractivity contribution in [2.45, 2.75) is 25.8 Å². The smallest absolute Gasteiger partial charge is 0.269 e. The number of benzene rings is 2. The maximum atomic E-state index is 10.8. The zero-order chi connectivity index (χ0) is 22.4. The van der Waals surface area contributed by atoms with Gasteiger partial charge in [0.25, 0.3) is 5.69 Å². The van der Waals surface area contributed by atoms with Crippen LogP contribution in [0.4, 0.5) is 5.69 Å². The number of aryl methyl sites for hydroxylation is 1. The van der Waals surface area contributed by atoms with Crippen LogP contribution in [-0.2, 0) is 17.7 Å². The van der Waals surface area contributed by atoms with Crippen molar-refractivity contribution >= 4 is 35.6 Å². The van der Waals surface area contributed by atoms with E-state index < -0.39 is 0 Å². The van der Waals surface area contributed by atoms with E-state index in [9.17, 15) is 10.1 Å². The summed E-state index contributed by atoms with van der Waals surface area (Å²) in [6.07, 6.45) is 3.05. The summed E-state index contributed by atoms with van der Waals surface area (Å²) in [5.41, 5.74) is 2.37. The zero-order valence-electron chi connectivity index (χ0n) is 18.9. The quantitative estimate of drug-likeness (QED) is 0.108. The van der Waals surface area contributed by atoms with E-state index in [4.69, 9.17) is 4.74 Å². The van der Waals surface area contributed by atoms with Gasteiger partial charge in [0.15, 0.2) is 5.96 Å². The Morgan fingerprint density at radius 1 is 0.970 bits per heavy atom. The van der Waals surface area contributed by atoms with Crippen LogP contribution in [0, 0.1) is 10.1 Å². The van der Waals surface area contributed by atoms with Crippen LogP contribution >= 0.6 is 24.0 Å². The predicted octanol–water partition coefficient (Wildman–Crippen LogP) is 3.60. The first-order chi connectivity index (χ1) is 15.7. The number of hydrogen-bond acceptors (Lipinski definition) is 5. The highest BCUT2D eigenvalue weighted by Gasteiger charge is 2.09. The fourth-order valence-corrected chi connectivity index (χ4v) is 3.55. The number of aliphatic imine (C=N–C) groups is 1. The number of non-ortho nitro benzene ring substituents is 1. The monoisotopic (exact) mass is 567 g/mol. The number of guanidine groups is 1. The van der Waals surface area contributed by atoms with Crippen LogP contribution in [0.15, 0.2) is 59.6 Å². The average molecular weight is 567 g/mol.